The van der Waals surface area contributed by atoms with E-state index < -0.39 is 0 Å². The van der Waals surface area contributed by atoms with Crippen molar-refractivity contribution in [1.29, 1.82) is 5.26 Å². The van der Waals surface area contributed by atoms with Crippen LogP contribution in [0.4, 0.5) is 5.82 Å². The summed E-state index contributed by atoms with van der Waals surface area (Å²) in [5.74, 6) is 0.908. The van der Waals surface area contributed by atoms with Crippen molar-refractivity contribution in [3.05, 3.63) is 40.8 Å². The van der Waals surface area contributed by atoms with Gasteiger partial charge in [-0.25, -0.2) is 4.98 Å². The van der Waals surface area contributed by atoms with E-state index in [0.29, 0.717) is 5.56 Å². The summed E-state index contributed by atoms with van der Waals surface area (Å²) in [6.07, 6.45) is 6.61. The normalized spacial score (nSPS) is 18.2. The number of rotatable bonds is 3. The number of fused-ring (bicyclic) bond motifs is 1. The number of aryl methyl sites for hydroxylation is 1. The molecule has 3 heterocycles. The molecule has 1 saturated heterocycles. The maximum absolute atomic E-state index is 9.03. The average molecular weight is 322 g/mol. The van der Waals surface area contributed by atoms with Crippen LogP contribution in [-0.4, -0.2) is 46.3 Å². The summed E-state index contributed by atoms with van der Waals surface area (Å²) < 4.78 is 0. The van der Waals surface area contributed by atoms with Gasteiger partial charge in [-0.1, -0.05) is 0 Å². The van der Waals surface area contributed by atoms with Crippen molar-refractivity contribution in [2.45, 2.75) is 32.2 Å². The molecule has 24 heavy (non-hydrogen) atoms. The third kappa shape index (κ3) is 3.00. The highest BCUT2D eigenvalue weighted by molar-refractivity contribution is 5.45. The molecule has 0 bridgehead atoms. The SMILES string of the molecule is N#Cc1ccnc(N2CCN(Cc3n[nH]c4c3CCCC4)CC2)c1. The van der Waals surface area contributed by atoms with E-state index in [1.54, 1.807) is 12.3 Å². The molecule has 0 aromatic carbocycles. The minimum atomic E-state index is 0.672. The van der Waals surface area contributed by atoms with Crippen molar-refractivity contribution in [1.82, 2.24) is 20.1 Å². The largest absolute Gasteiger partial charge is 0.354 e. The third-order valence-electron chi connectivity index (χ3n) is 5.09. The van der Waals surface area contributed by atoms with Crippen LogP contribution in [0.1, 0.15) is 35.4 Å². The van der Waals surface area contributed by atoms with E-state index in [0.717, 1.165) is 45.0 Å². The van der Waals surface area contributed by atoms with Crippen molar-refractivity contribution >= 4 is 5.82 Å². The highest BCUT2D eigenvalue weighted by atomic mass is 15.3. The van der Waals surface area contributed by atoms with Crippen LogP contribution >= 0.6 is 0 Å². The minimum Gasteiger partial charge on any atom is -0.354 e. The molecule has 2 aliphatic rings. The summed E-state index contributed by atoms with van der Waals surface area (Å²) in [7, 11) is 0. The predicted molar refractivity (Wildman–Crippen MR) is 91.7 cm³/mol. The van der Waals surface area contributed by atoms with E-state index in [2.05, 4.69) is 31.1 Å². The Morgan fingerprint density at radius 3 is 2.83 bits per heavy atom. The summed E-state index contributed by atoms with van der Waals surface area (Å²) in [4.78, 5) is 9.14. The van der Waals surface area contributed by atoms with Crippen LogP contribution in [0.25, 0.3) is 0 Å². The number of aromatic nitrogens is 3. The Kier molecular flexibility index (Phi) is 4.18. The van der Waals surface area contributed by atoms with Crippen LogP contribution in [0.15, 0.2) is 18.3 Å². The van der Waals surface area contributed by atoms with Crippen molar-refractivity contribution in [2.24, 2.45) is 0 Å². The van der Waals surface area contributed by atoms with Gasteiger partial charge in [0.2, 0.25) is 0 Å². The molecule has 2 aromatic heterocycles. The standard InChI is InChI=1S/C18H22N6/c19-12-14-5-6-20-18(11-14)24-9-7-23(8-10-24)13-17-15-3-1-2-4-16(15)21-22-17/h5-6,11H,1-4,7-10,13H2,(H,21,22). The summed E-state index contributed by atoms with van der Waals surface area (Å²) in [5.41, 5.74) is 4.73. The Morgan fingerprint density at radius 1 is 1.17 bits per heavy atom. The van der Waals surface area contributed by atoms with Gasteiger partial charge in [-0.3, -0.25) is 10.00 Å². The fourth-order valence-electron chi connectivity index (χ4n) is 3.69. The number of nitriles is 1. The van der Waals surface area contributed by atoms with E-state index in [1.165, 1.54) is 36.2 Å². The third-order valence-corrected chi connectivity index (χ3v) is 5.09. The van der Waals surface area contributed by atoms with Crippen molar-refractivity contribution in [3.8, 4) is 6.07 Å². The summed E-state index contributed by atoms with van der Waals surface area (Å²) in [5, 5.41) is 16.8. The molecular weight excluding hydrogens is 300 g/mol. The van der Waals surface area contributed by atoms with E-state index in [-0.39, 0.29) is 0 Å². The van der Waals surface area contributed by atoms with E-state index >= 15 is 0 Å². The summed E-state index contributed by atoms with van der Waals surface area (Å²) >= 11 is 0. The van der Waals surface area contributed by atoms with Gasteiger partial charge in [-0.15, -0.1) is 0 Å². The number of pyridine rings is 1. The molecule has 2 aromatic rings. The van der Waals surface area contributed by atoms with Gasteiger partial charge in [-0.2, -0.15) is 10.4 Å². The second-order valence-electron chi connectivity index (χ2n) is 6.61. The molecule has 1 N–H and O–H groups in total. The molecule has 6 heteroatoms. The quantitative estimate of drug-likeness (QED) is 0.934. The van der Waals surface area contributed by atoms with Gasteiger partial charge in [0.15, 0.2) is 0 Å². The van der Waals surface area contributed by atoms with Crippen LogP contribution in [0.5, 0.6) is 0 Å². The Hall–Kier alpha value is -2.39. The van der Waals surface area contributed by atoms with Crippen molar-refractivity contribution in [2.75, 3.05) is 31.1 Å². The highest BCUT2D eigenvalue weighted by Gasteiger charge is 2.22. The molecule has 4 rings (SSSR count). The molecule has 1 aliphatic carbocycles. The van der Waals surface area contributed by atoms with Crippen LogP contribution < -0.4 is 4.90 Å². The Morgan fingerprint density at radius 2 is 2.00 bits per heavy atom. The van der Waals surface area contributed by atoms with Gasteiger partial charge in [0, 0.05) is 44.6 Å². The lowest BCUT2D eigenvalue weighted by Crippen LogP contribution is -2.46. The molecule has 6 nitrogen and oxygen atoms in total. The molecule has 0 radical (unpaired) electrons. The van der Waals surface area contributed by atoms with Crippen LogP contribution in [0.2, 0.25) is 0 Å². The van der Waals surface area contributed by atoms with Gasteiger partial charge in [0.1, 0.15) is 5.82 Å². The first-order chi connectivity index (χ1) is 11.8. The average Bonchev–Trinajstić information content (AvgIpc) is 3.05. The Balaban J connectivity index is 1.38. The Bertz CT molecular complexity index is 751. The first-order valence-electron chi connectivity index (χ1n) is 8.72. The summed E-state index contributed by atoms with van der Waals surface area (Å²) in [6, 6.07) is 5.81. The van der Waals surface area contributed by atoms with Gasteiger partial charge in [0.25, 0.3) is 0 Å². The molecule has 0 amide bonds. The van der Waals surface area contributed by atoms with E-state index in [4.69, 9.17) is 5.26 Å². The zero-order valence-electron chi connectivity index (χ0n) is 13.8. The predicted octanol–water partition coefficient (Wildman–Crippen LogP) is 1.88. The first-order valence-corrected chi connectivity index (χ1v) is 8.72. The first kappa shape index (κ1) is 15.2. The van der Waals surface area contributed by atoms with Gasteiger partial charge in [-0.05, 0) is 43.4 Å². The monoisotopic (exact) mass is 322 g/mol. The lowest BCUT2D eigenvalue weighted by molar-refractivity contribution is 0.245. The van der Waals surface area contributed by atoms with Crippen molar-refractivity contribution in [3.63, 3.8) is 0 Å². The summed E-state index contributed by atoms with van der Waals surface area (Å²) in [6.45, 7) is 4.81. The van der Waals surface area contributed by atoms with Crippen LogP contribution in [-0.2, 0) is 19.4 Å². The molecule has 0 atom stereocenters. The van der Waals surface area contributed by atoms with Gasteiger partial charge < -0.3 is 4.90 Å². The number of aromatic amines is 1. The van der Waals surface area contributed by atoms with E-state index in [1.807, 2.05) is 6.07 Å². The zero-order valence-corrected chi connectivity index (χ0v) is 13.8. The zero-order chi connectivity index (χ0) is 16.4. The van der Waals surface area contributed by atoms with Crippen molar-refractivity contribution < 1.29 is 0 Å². The lowest BCUT2D eigenvalue weighted by atomic mass is 9.96. The van der Waals surface area contributed by atoms with Crippen LogP contribution in [0.3, 0.4) is 0 Å². The molecular formula is C18H22N6. The second kappa shape index (κ2) is 6.62. The molecule has 0 saturated carbocycles. The fraction of sp³-hybridized carbons (Fsp3) is 0.500. The number of nitrogens with zero attached hydrogens (tertiary/aromatic N) is 5. The lowest BCUT2D eigenvalue weighted by Gasteiger charge is -2.35. The fourth-order valence-corrected chi connectivity index (χ4v) is 3.69. The van der Waals surface area contributed by atoms with Crippen LogP contribution in [0, 0.1) is 11.3 Å². The minimum absolute atomic E-state index is 0.672. The molecule has 0 unspecified atom stereocenters. The molecule has 1 fully saturated rings. The molecule has 0 spiro atoms. The Labute approximate surface area is 142 Å². The smallest absolute Gasteiger partial charge is 0.129 e. The molecule has 124 valence electrons. The number of anilines is 1. The number of hydrogen-bond acceptors (Lipinski definition) is 5. The van der Waals surface area contributed by atoms with E-state index in [9.17, 15) is 0 Å². The number of hydrogen-bond donors (Lipinski definition) is 1. The number of H-pyrrole nitrogens is 1. The maximum atomic E-state index is 9.03. The second-order valence-corrected chi connectivity index (χ2v) is 6.61. The molecule has 1 aliphatic heterocycles. The van der Waals surface area contributed by atoms with Gasteiger partial charge >= 0.3 is 0 Å². The maximum Gasteiger partial charge on any atom is 0.129 e. The number of nitrogens with one attached hydrogen (secondary N) is 1. The topological polar surface area (TPSA) is 71.8 Å². The highest BCUT2D eigenvalue weighted by Crippen LogP contribution is 2.23. The van der Waals surface area contributed by atoms with Gasteiger partial charge in [0.05, 0.1) is 17.3 Å². The number of piperazine rings is 1.